The van der Waals surface area contributed by atoms with Crippen LogP contribution in [-0.2, 0) is 4.79 Å². The molecule has 1 saturated carbocycles. The van der Waals surface area contributed by atoms with Gasteiger partial charge in [0.2, 0.25) is 0 Å². The molecule has 1 fully saturated rings. The summed E-state index contributed by atoms with van der Waals surface area (Å²) in [5.74, 6) is 0.174. The summed E-state index contributed by atoms with van der Waals surface area (Å²) in [6.45, 7) is 0. The van der Waals surface area contributed by atoms with Gasteiger partial charge in [-0.2, -0.15) is 0 Å². The number of carbonyl (C=O) groups excluding carboxylic acids is 1. The third-order valence-electron chi connectivity index (χ3n) is 3.25. The Kier molecular flexibility index (Phi) is 3.11. The highest BCUT2D eigenvalue weighted by Gasteiger charge is 2.26. The number of hydrogen-bond acceptors (Lipinski definition) is 1. The minimum atomic E-state index is 0.174. The number of ketones is 1. The fraction of sp³-hybridized carbons (Fsp3) is 0.0556. The van der Waals surface area contributed by atoms with E-state index in [1.165, 1.54) is 0 Å². The lowest BCUT2D eigenvalue weighted by Gasteiger charge is -2.20. The van der Waals surface area contributed by atoms with Gasteiger partial charge in [-0.25, -0.2) is 0 Å². The summed E-state index contributed by atoms with van der Waals surface area (Å²) in [6.07, 6.45) is 4.72. The van der Waals surface area contributed by atoms with Gasteiger partial charge < -0.3 is 0 Å². The van der Waals surface area contributed by atoms with Crippen molar-refractivity contribution >= 4 is 17.9 Å². The Balaban J connectivity index is 1.78. The maximum absolute atomic E-state index is 12.0. The average Bonchev–Trinajstić information content (AvgIpc) is 2.48. The second-order valence-corrected chi connectivity index (χ2v) is 4.67. The highest BCUT2D eigenvalue weighted by Crippen LogP contribution is 2.31. The molecule has 0 heterocycles. The van der Waals surface area contributed by atoms with Crippen LogP contribution >= 0.6 is 0 Å². The molecule has 0 saturated heterocycles. The summed E-state index contributed by atoms with van der Waals surface area (Å²) in [6, 6.07) is 19.9. The van der Waals surface area contributed by atoms with E-state index in [1.54, 1.807) is 0 Å². The van der Waals surface area contributed by atoms with E-state index in [4.69, 9.17) is 0 Å². The maximum atomic E-state index is 12.0. The first-order valence-electron chi connectivity index (χ1n) is 6.39. The van der Waals surface area contributed by atoms with Crippen molar-refractivity contribution in [3.63, 3.8) is 0 Å². The fourth-order valence-corrected chi connectivity index (χ4v) is 2.20. The van der Waals surface area contributed by atoms with Crippen molar-refractivity contribution in [2.75, 3.05) is 0 Å². The van der Waals surface area contributed by atoms with Crippen LogP contribution in [0.15, 0.2) is 71.8 Å². The summed E-state index contributed by atoms with van der Waals surface area (Å²) in [4.78, 5) is 12.0. The molecule has 0 bridgehead atoms. The van der Waals surface area contributed by atoms with Crippen molar-refractivity contribution in [2.24, 2.45) is 0 Å². The Labute approximate surface area is 112 Å². The molecule has 0 aromatic heterocycles. The molecule has 19 heavy (non-hydrogen) atoms. The number of carbonyl (C=O) groups is 1. The van der Waals surface area contributed by atoms with E-state index in [-0.39, 0.29) is 5.78 Å². The first-order valence-corrected chi connectivity index (χ1v) is 6.39. The normalized spacial score (nSPS) is 18.6. The predicted molar refractivity (Wildman–Crippen MR) is 78.5 cm³/mol. The number of Topliss-reactive ketones (excluding diaryl/α,β-unsaturated/α-hetero) is 1. The van der Waals surface area contributed by atoms with Gasteiger partial charge in [0.05, 0.1) is 0 Å². The summed E-state index contributed by atoms with van der Waals surface area (Å²) in [7, 11) is 0. The van der Waals surface area contributed by atoms with Crippen LogP contribution in [0.25, 0.3) is 12.2 Å². The fourth-order valence-electron chi connectivity index (χ4n) is 2.20. The van der Waals surface area contributed by atoms with Gasteiger partial charge in [0.1, 0.15) is 0 Å². The molecule has 1 heteroatoms. The second-order valence-electron chi connectivity index (χ2n) is 4.67. The minimum absolute atomic E-state index is 0.174. The van der Waals surface area contributed by atoms with Crippen LogP contribution < -0.4 is 0 Å². The van der Waals surface area contributed by atoms with Gasteiger partial charge in [0.15, 0.2) is 5.78 Å². The molecule has 2 aromatic carbocycles. The molecule has 1 aliphatic carbocycles. The molecule has 1 aliphatic rings. The lowest BCUT2D eigenvalue weighted by molar-refractivity contribution is -0.114. The van der Waals surface area contributed by atoms with Crippen molar-refractivity contribution in [3.8, 4) is 0 Å². The molecule has 1 nitrogen and oxygen atoms in total. The van der Waals surface area contributed by atoms with E-state index in [2.05, 4.69) is 0 Å². The van der Waals surface area contributed by atoms with E-state index in [0.717, 1.165) is 28.7 Å². The first-order chi connectivity index (χ1) is 9.33. The van der Waals surface area contributed by atoms with E-state index in [9.17, 15) is 4.79 Å². The lowest BCUT2D eigenvalue weighted by atomic mass is 9.82. The quantitative estimate of drug-likeness (QED) is 0.728. The molecule has 92 valence electrons. The van der Waals surface area contributed by atoms with Gasteiger partial charge in [0, 0.05) is 17.6 Å². The topological polar surface area (TPSA) is 17.1 Å². The van der Waals surface area contributed by atoms with Gasteiger partial charge in [-0.15, -0.1) is 0 Å². The Morgan fingerprint density at radius 3 is 1.47 bits per heavy atom. The van der Waals surface area contributed by atoms with Crippen LogP contribution in [0.1, 0.15) is 17.5 Å². The number of benzene rings is 2. The minimum Gasteiger partial charge on any atom is -0.289 e. The van der Waals surface area contributed by atoms with E-state index in [0.29, 0.717) is 0 Å². The predicted octanol–water partition coefficient (Wildman–Crippen LogP) is 4.13. The Morgan fingerprint density at radius 2 is 1.11 bits per heavy atom. The standard InChI is InChI=1S/C18H14O/c19-18-16(11-14-7-3-1-4-8-14)13-17(18)12-15-9-5-2-6-10-15/h1-12H,13H2/b16-11-,17-12+. The molecular weight excluding hydrogens is 232 g/mol. The van der Waals surface area contributed by atoms with Crippen LogP contribution in [0.4, 0.5) is 0 Å². The zero-order valence-corrected chi connectivity index (χ0v) is 10.5. The molecular formula is C18H14O. The molecule has 0 N–H and O–H groups in total. The van der Waals surface area contributed by atoms with E-state index >= 15 is 0 Å². The van der Waals surface area contributed by atoms with Gasteiger partial charge in [-0.1, -0.05) is 60.7 Å². The van der Waals surface area contributed by atoms with Crippen molar-refractivity contribution < 1.29 is 4.79 Å². The Bertz CT molecular complexity index is 591. The van der Waals surface area contributed by atoms with E-state index < -0.39 is 0 Å². The molecule has 3 rings (SSSR count). The summed E-state index contributed by atoms with van der Waals surface area (Å²) in [5, 5.41) is 0. The zero-order chi connectivity index (χ0) is 13.1. The van der Waals surface area contributed by atoms with Crippen LogP contribution in [0.5, 0.6) is 0 Å². The molecule has 0 atom stereocenters. The van der Waals surface area contributed by atoms with Crippen molar-refractivity contribution in [1.82, 2.24) is 0 Å². The van der Waals surface area contributed by atoms with Crippen LogP contribution in [0, 0.1) is 0 Å². The van der Waals surface area contributed by atoms with E-state index in [1.807, 2.05) is 72.8 Å². The number of hydrogen-bond donors (Lipinski definition) is 0. The Morgan fingerprint density at radius 1 is 0.684 bits per heavy atom. The van der Waals surface area contributed by atoms with Gasteiger partial charge in [0.25, 0.3) is 0 Å². The van der Waals surface area contributed by atoms with Crippen molar-refractivity contribution in [1.29, 1.82) is 0 Å². The SMILES string of the molecule is O=C1/C(=C\c2ccccc2)C/C1=C\c1ccccc1. The third-order valence-corrected chi connectivity index (χ3v) is 3.25. The summed E-state index contributed by atoms with van der Waals surface area (Å²) < 4.78 is 0. The smallest absolute Gasteiger partial charge is 0.185 e. The second kappa shape index (κ2) is 5.07. The molecule has 0 spiro atoms. The number of allylic oxidation sites excluding steroid dienone is 2. The zero-order valence-electron chi connectivity index (χ0n) is 10.5. The highest BCUT2D eigenvalue weighted by atomic mass is 16.1. The van der Waals surface area contributed by atoms with Gasteiger partial charge in [-0.3, -0.25) is 4.79 Å². The van der Waals surface area contributed by atoms with Crippen LogP contribution in [0.3, 0.4) is 0 Å². The van der Waals surface area contributed by atoms with Gasteiger partial charge in [-0.05, 0) is 23.3 Å². The van der Waals surface area contributed by atoms with Crippen molar-refractivity contribution in [3.05, 3.63) is 82.9 Å². The molecule has 0 aliphatic heterocycles. The molecule has 0 unspecified atom stereocenters. The molecule has 2 aromatic rings. The maximum Gasteiger partial charge on any atom is 0.185 e. The largest absolute Gasteiger partial charge is 0.289 e. The molecule has 0 amide bonds. The number of rotatable bonds is 2. The van der Waals surface area contributed by atoms with Crippen LogP contribution in [-0.4, -0.2) is 5.78 Å². The summed E-state index contributed by atoms with van der Waals surface area (Å²) >= 11 is 0. The average molecular weight is 246 g/mol. The Hall–Kier alpha value is -2.41. The lowest BCUT2D eigenvalue weighted by Crippen LogP contribution is -2.18. The van der Waals surface area contributed by atoms with Crippen LogP contribution in [0.2, 0.25) is 0 Å². The molecule has 0 radical (unpaired) electrons. The monoisotopic (exact) mass is 246 g/mol. The van der Waals surface area contributed by atoms with Gasteiger partial charge >= 0.3 is 0 Å². The summed E-state index contributed by atoms with van der Waals surface area (Å²) in [5.41, 5.74) is 3.97. The van der Waals surface area contributed by atoms with Crippen molar-refractivity contribution in [2.45, 2.75) is 6.42 Å². The third kappa shape index (κ3) is 2.55. The highest BCUT2D eigenvalue weighted by molar-refractivity contribution is 6.20. The first kappa shape index (κ1) is 11.7.